The highest BCUT2D eigenvalue weighted by Crippen LogP contribution is 2.11. The molecule has 1 saturated heterocycles. The molecule has 104 valence electrons. The molecular formula is C15H18N4O. The van der Waals surface area contributed by atoms with Gasteiger partial charge in [-0.15, -0.1) is 0 Å². The molecule has 0 bridgehead atoms. The van der Waals surface area contributed by atoms with Gasteiger partial charge in [-0.2, -0.15) is 5.10 Å². The topological polar surface area (TPSA) is 50.2 Å². The third-order valence-electron chi connectivity index (χ3n) is 3.51. The van der Waals surface area contributed by atoms with Crippen molar-refractivity contribution >= 4 is 5.91 Å². The molecule has 3 rings (SSSR count). The van der Waals surface area contributed by atoms with Crippen molar-refractivity contribution in [2.75, 3.05) is 19.6 Å². The second-order valence-corrected chi connectivity index (χ2v) is 5.12. The summed E-state index contributed by atoms with van der Waals surface area (Å²) in [6.07, 6.45) is 3.44. The van der Waals surface area contributed by atoms with Crippen molar-refractivity contribution in [3.8, 4) is 5.69 Å². The standard InChI is InChI=1S/C15H18N4O/c1-12-10-18(8-7-16-12)15(20)13-9-17-19(11-13)14-5-3-2-4-6-14/h2-6,9,11-12,16H,7-8,10H2,1H3/t12-/m1/s1. The summed E-state index contributed by atoms with van der Waals surface area (Å²) < 4.78 is 1.73. The van der Waals surface area contributed by atoms with Gasteiger partial charge in [-0.05, 0) is 19.1 Å². The molecular weight excluding hydrogens is 252 g/mol. The van der Waals surface area contributed by atoms with Crippen molar-refractivity contribution in [3.05, 3.63) is 48.3 Å². The molecule has 2 aromatic rings. The maximum absolute atomic E-state index is 12.4. The first-order valence-electron chi connectivity index (χ1n) is 6.87. The molecule has 1 aliphatic rings. The Hall–Kier alpha value is -2.14. The van der Waals surface area contributed by atoms with Gasteiger partial charge >= 0.3 is 0 Å². The van der Waals surface area contributed by atoms with Gasteiger partial charge in [-0.1, -0.05) is 18.2 Å². The number of benzene rings is 1. The van der Waals surface area contributed by atoms with Gasteiger partial charge in [0.25, 0.3) is 5.91 Å². The molecule has 0 saturated carbocycles. The van der Waals surface area contributed by atoms with Gasteiger partial charge in [-0.25, -0.2) is 4.68 Å². The number of para-hydroxylation sites is 1. The van der Waals surface area contributed by atoms with Crippen LogP contribution in [-0.4, -0.2) is 46.3 Å². The van der Waals surface area contributed by atoms with E-state index in [-0.39, 0.29) is 5.91 Å². The smallest absolute Gasteiger partial charge is 0.257 e. The number of amides is 1. The van der Waals surface area contributed by atoms with Crippen molar-refractivity contribution in [2.45, 2.75) is 13.0 Å². The first-order valence-corrected chi connectivity index (χ1v) is 6.87. The number of carbonyl (C=O) groups is 1. The third kappa shape index (κ3) is 2.58. The Kier molecular flexibility index (Phi) is 3.52. The summed E-state index contributed by atoms with van der Waals surface area (Å²) in [5.74, 6) is 0.0560. The monoisotopic (exact) mass is 270 g/mol. The zero-order valence-electron chi connectivity index (χ0n) is 11.5. The molecule has 20 heavy (non-hydrogen) atoms. The highest BCUT2D eigenvalue weighted by atomic mass is 16.2. The second-order valence-electron chi connectivity index (χ2n) is 5.12. The number of rotatable bonds is 2. The molecule has 1 aliphatic heterocycles. The number of nitrogens with zero attached hydrogens (tertiary/aromatic N) is 3. The van der Waals surface area contributed by atoms with Gasteiger partial charge in [0.05, 0.1) is 17.4 Å². The summed E-state index contributed by atoms with van der Waals surface area (Å²) >= 11 is 0. The van der Waals surface area contributed by atoms with Gasteiger partial charge in [0.1, 0.15) is 0 Å². The molecule has 1 atom stereocenters. The Balaban J connectivity index is 1.78. The molecule has 0 unspecified atom stereocenters. The first kappa shape index (κ1) is 12.9. The van der Waals surface area contributed by atoms with Gasteiger partial charge < -0.3 is 10.2 Å². The van der Waals surface area contributed by atoms with Crippen LogP contribution < -0.4 is 5.32 Å². The average molecular weight is 270 g/mol. The fourth-order valence-corrected chi connectivity index (χ4v) is 2.45. The molecule has 0 spiro atoms. The molecule has 1 fully saturated rings. The van der Waals surface area contributed by atoms with E-state index >= 15 is 0 Å². The average Bonchev–Trinajstić information content (AvgIpc) is 2.97. The van der Waals surface area contributed by atoms with E-state index in [1.54, 1.807) is 17.1 Å². The molecule has 1 N–H and O–H groups in total. The highest BCUT2D eigenvalue weighted by molar-refractivity contribution is 5.94. The zero-order valence-corrected chi connectivity index (χ0v) is 11.5. The maximum atomic E-state index is 12.4. The second kappa shape index (κ2) is 5.46. The minimum atomic E-state index is 0.0560. The maximum Gasteiger partial charge on any atom is 0.257 e. The van der Waals surface area contributed by atoms with Crippen LogP contribution in [0.3, 0.4) is 0 Å². The lowest BCUT2D eigenvalue weighted by atomic mass is 10.2. The fourth-order valence-electron chi connectivity index (χ4n) is 2.45. The first-order chi connectivity index (χ1) is 9.74. The minimum absolute atomic E-state index is 0.0560. The van der Waals surface area contributed by atoms with Crippen LogP contribution in [0.5, 0.6) is 0 Å². The Morgan fingerprint density at radius 2 is 2.15 bits per heavy atom. The Labute approximate surface area is 118 Å². The van der Waals surface area contributed by atoms with E-state index in [2.05, 4.69) is 17.3 Å². The molecule has 5 heteroatoms. The normalized spacial score (nSPS) is 19.1. The van der Waals surface area contributed by atoms with Gasteiger partial charge in [0.2, 0.25) is 0 Å². The Bertz CT molecular complexity index is 593. The molecule has 0 aliphatic carbocycles. The van der Waals surface area contributed by atoms with Crippen LogP contribution in [0.4, 0.5) is 0 Å². The summed E-state index contributed by atoms with van der Waals surface area (Å²) in [5, 5.41) is 7.61. The van der Waals surface area contributed by atoms with Crippen molar-refractivity contribution < 1.29 is 4.79 Å². The largest absolute Gasteiger partial charge is 0.336 e. The van der Waals surface area contributed by atoms with Crippen molar-refractivity contribution in [3.63, 3.8) is 0 Å². The van der Waals surface area contributed by atoms with E-state index < -0.39 is 0 Å². The van der Waals surface area contributed by atoms with Crippen LogP contribution >= 0.6 is 0 Å². The predicted octanol–water partition coefficient (Wildman–Crippen LogP) is 1.31. The van der Waals surface area contributed by atoms with Crippen LogP contribution in [0.1, 0.15) is 17.3 Å². The lowest BCUT2D eigenvalue weighted by Crippen LogP contribution is -2.51. The number of hydrogen-bond acceptors (Lipinski definition) is 3. The Morgan fingerprint density at radius 1 is 1.35 bits per heavy atom. The van der Waals surface area contributed by atoms with Crippen LogP contribution in [0.2, 0.25) is 0 Å². The van der Waals surface area contributed by atoms with E-state index in [1.165, 1.54) is 0 Å². The van der Waals surface area contributed by atoms with Gasteiger partial charge in [0, 0.05) is 31.9 Å². The number of hydrogen-bond donors (Lipinski definition) is 1. The summed E-state index contributed by atoms with van der Waals surface area (Å²) in [6.45, 7) is 4.43. The molecule has 5 nitrogen and oxygen atoms in total. The van der Waals surface area contributed by atoms with E-state index in [4.69, 9.17) is 0 Å². The van der Waals surface area contributed by atoms with Crippen molar-refractivity contribution in [1.82, 2.24) is 20.0 Å². The van der Waals surface area contributed by atoms with Gasteiger partial charge in [0.15, 0.2) is 0 Å². The summed E-state index contributed by atoms with van der Waals surface area (Å²) in [7, 11) is 0. The van der Waals surface area contributed by atoms with E-state index in [0.717, 1.165) is 25.3 Å². The number of nitrogens with one attached hydrogen (secondary N) is 1. The van der Waals surface area contributed by atoms with E-state index in [9.17, 15) is 4.79 Å². The third-order valence-corrected chi connectivity index (χ3v) is 3.51. The van der Waals surface area contributed by atoms with Crippen LogP contribution in [0, 0.1) is 0 Å². The minimum Gasteiger partial charge on any atom is -0.336 e. The summed E-state index contributed by atoms with van der Waals surface area (Å²) in [6, 6.07) is 10.1. The van der Waals surface area contributed by atoms with Crippen LogP contribution in [0.15, 0.2) is 42.7 Å². The van der Waals surface area contributed by atoms with E-state index in [0.29, 0.717) is 11.6 Å². The highest BCUT2D eigenvalue weighted by Gasteiger charge is 2.22. The van der Waals surface area contributed by atoms with Crippen molar-refractivity contribution in [1.29, 1.82) is 0 Å². The summed E-state index contributed by atoms with van der Waals surface area (Å²) in [5.41, 5.74) is 1.60. The zero-order chi connectivity index (χ0) is 13.9. The number of piperazine rings is 1. The quantitative estimate of drug-likeness (QED) is 0.895. The lowest BCUT2D eigenvalue weighted by molar-refractivity contribution is 0.0709. The number of aromatic nitrogens is 2. The van der Waals surface area contributed by atoms with Crippen molar-refractivity contribution in [2.24, 2.45) is 0 Å². The molecule has 1 aromatic carbocycles. The molecule has 1 amide bonds. The Morgan fingerprint density at radius 3 is 2.90 bits per heavy atom. The molecule has 2 heterocycles. The van der Waals surface area contributed by atoms with Crippen LogP contribution in [0.25, 0.3) is 5.69 Å². The van der Waals surface area contributed by atoms with E-state index in [1.807, 2.05) is 35.2 Å². The summed E-state index contributed by atoms with van der Waals surface area (Å²) in [4.78, 5) is 14.3. The van der Waals surface area contributed by atoms with Gasteiger partial charge in [-0.3, -0.25) is 4.79 Å². The van der Waals surface area contributed by atoms with Crippen LogP contribution in [-0.2, 0) is 0 Å². The fraction of sp³-hybridized carbons (Fsp3) is 0.333. The molecule has 1 aromatic heterocycles. The molecule has 0 radical (unpaired) electrons. The predicted molar refractivity (Wildman–Crippen MR) is 76.9 cm³/mol. The lowest BCUT2D eigenvalue weighted by Gasteiger charge is -2.31. The SMILES string of the molecule is C[C@@H]1CN(C(=O)c2cnn(-c3ccccc3)c2)CCN1. The number of carbonyl (C=O) groups excluding carboxylic acids is 1.